The molecule has 0 aliphatic carbocycles. The molecule has 7 nitrogen and oxygen atoms in total. The molecule has 0 aliphatic heterocycles. The van der Waals surface area contributed by atoms with Gasteiger partial charge in [0.2, 0.25) is 0 Å². The van der Waals surface area contributed by atoms with Crippen molar-refractivity contribution in [1.29, 1.82) is 5.26 Å². The fraction of sp³-hybridized carbons (Fsp3) is 0.286. The molecule has 0 fully saturated rings. The van der Waals surface area contributed by atoms with Crippen LogP contribution in [0.2, 0.25) is 0 Å². The molecule has 1 aromatic carbocycles. The maximum Gasteiger partial charge on any atom is 0.293 e. The zero-order valence-corrected chi connectivity index (χ0v) is 11.6. The van der Waals surface area contributed by atoms with E-state index in [0.717, 1.165) is 18.7 Å². The Bertz CT molecular complexity index is 687. The van der Waals surface area contributed by atoms with Gasteiger partial charge in [-0.15, -0.1) is 0 Å². The van der Waals surface area contributed by atoms with Crippen molar-refractivity contribution in [3.05, 3.63) is 52.1 Å². The Morgan fingerprint density at radius 2 is 2.33 bits per heavy atom. The highest BCUT2D eigenvalue weighted by molar-refractivity contribution is 5.64. The number of nitro groups is 1. The fourth-order valence-corrected chi connectivity index (χ4v) is 2.03. The van der Waals surface area contributed by atoms with E-state index in [9.17, 15) is 10.1 Å². The van der Waals surface area contributed by atoms with Gasteiger partial charge in [0.25, 0.3) is 5.69 Å². The first-order valence-electron chi connectivity index (χ1n) is 6.57. The lowest BCUT2D eigenvalue weighted by Gasteiger charge is -2.09. The molecule has 21 heavy (non-hydrogen) atoms. The maximum atomic E-state index is 11.1. The summed E-state index contributed by atoms with van der Waals surface area (Å²) in [6.45, 7) is 3.36. The Morgan fingerprint density at radius 3 is 3.00 bits per heavy atom. The van der Waals surface area contributed by atoms with E-state index in [4.69, 9.17) is 5.26 Å². The van der Waals surface area contributed by atoms with Crippen LogP contribution in [0.4, 0.5) is 11.4 Å². The SMILES string of the molecule is CCCn1cncc1CNc1ccc(C#N)cc1[N+](=O)[O-]. The summed E-state index contributed by atoms with van der Waals surface area (Å²) in [4.78, 5) is 14.6. The molecule has 0 spiro atoms. The third kappa shape index (κ3) is 3.36. The minimum atomic E-state index is -0.494. The van der Waals surface area contributed by atoms with Crippen LogP contribution in [0.1, 0.15) is 24.6 Å². The van der Waals surface area contributed by atoms with Crippen LogP contribution < -0.4 is 5.32 Å². The first-order valence-corrected chi connectivity index (χ1v) is 6.57. The lowest BCUT2D eigenvalue weighted by atomic mass is 10.2. The standard InChI is InChI=1S/C14H15N5O2/c1-2-5-18-10-16-8-12(18)9-17-13-4-3-11(7-15)6-14(13)19(20)21/h3-4,6,8,10,17H,2,5,9H2,1H3. The van der Waals surface area contributed by atoms with Gasteiger partial charge in [-0.3, -0.25) is 10.1 Å². The number of nitrogens with zero attached hydrogens (tertiary/aromatic N) is 4. The second-order valence-corrected chi connectivity index (χ2v) is 4.53. The molecule has 2 aromatic rings. The van der Waals surface area contributed by atoms with Gasteiger partial charge < -0.3 is 9.88 Å². The number of aromatic nitrogens is 2. The number of anilines is 1. The second-order valence-electron chi connectivity index (χ2n) is 4.53. The molecule has 0 saturated heterocycles. The van der Waals surface area contributed by atoms with Crippen LogP contribution in [0.15, 0.2) is 30.7 Å². The molecule has 0 bridgehead atoms. The molecule has 1 N–H and O–H groups in total. The van der Waals surface area contributed by atoms with Gasteiger partial charge in [-0.2, -0.15) is 5.26 Å². The lowest BCUT2D eigenvalue weighted by molar-refractivity contribution is -0.384. The van der Waals surface area contributed by atoms with Gasteiger partial charge in [0.05, 0.1) is 35.1 Å². The Balaban J connectivity index is 2.18. The fourth-order valence-electron chi connectivity index (χ4n) is 2.03. The molecule has 0 radical (unpaired) electrons. The largest absolute Gasteiger partial charge is 0.374 e. The summed E-state index contributed by atoms with van der Waals surface area (Å²) in [5.41, 5.74) is 1.51. The first kappa shape index (κ1) is 14.5. The topological polar surface area (TPSA) is 96.8 Å². The molecule has 1 heterocycles. The van der Waals surface area contributed by atoms with Gasteiger partial charge in [-0.05, 0) is 18.6 Å². The second kappa shape index (κ2) is 6.52. The minimum absolute atomic E-state index is 0.101. The highest BCUT2D eigenvalue weighted by atomic mass is 16.6. The number of benzene rings is 1. The Morgan fingerprint density at radius 1 is 1.52 bits per heavy atom. The van der Waals surface area contributed by atoms with Gasteiger partial charge in [-0.25, -0.2) is 4.98 Å². The van der Waals surface area contributed by atoms with Crippen molar-refractivity contribution in [2.45, 2.75) is 26.4 Å². The molecule has 0 aliphatic rings. The molecule has 0 unspecified atom stereocenters. The first-order chi connectivity index (χ1) is 10.2. The van der Waals surface area contributed by atoms with Crippen molar-refractivity contribution in [2.75, 3.05) is 5.32 Å². The van der Waals surface area contributed by atoms with Crippen LogP contribution in [0.25, 0.3) is 0 Å². The van der Waals surface area contributed by atoms with Crippen LogP contribution in [0.5, 0.6) is 0 Å². The highest BCUT2D eigenvalue weighted by Gasteiger charge is 2.15. The Kier molecular flexibility index (Phi) is 4.51. The van der Waals surface area contributed by atoms with Crippen LogP contribution in [0, 0.1) is 21.4 Å². The number of nitro benzene ring substituents is 1. The zero-order valence-electron chi connectivity index (χ0n) is 11.6. The molecule has 0 saturated carbocycles. The van der Waals surface area contributed by atoms with Crippen molar-refractivity contribution in [3.8, 4) is 6.07 Å². The van der Waals surface area contributed by atoms with Crippen LogP contribution in [-0.4, -0.2) is 14.5 Å². The molecule has 108 valence electrons. The number of imidazole rings is 1. The zero-order chi connectivity index (χ0) is 15.2. The summed E-state index contributed by atoms with van der Waals surface area (Å²) in [6.07, 6.45) is 4.46. The summed E-state index contributed by atoms with van der Waals surface area (Å²) in [5.74, 6) is 0. The molecule has 7 heteroatoms. The third-order valence-electron chi connectivity index (χ3n) is 3.05. The van der Waals surface area contributed by atoms with Crippen molar-refractivity contribution in [3.63, 3.8) is 0 Å². The summed E-state index contributed by atoms with van der Waals surface area (Å²) in [5, 5.41) is 22.9. The van der Waals surface area contributed by atoms with Crippen molar-refractivity contribution in [2.24, 2.45) is 0 Å². The average molecular weight is 285 g/mol. The van der Waals surface area contributed by atoms with E-state index in [1.54, 1.807) is 24.7 Å². The monoisotopic (exact) mass is 285 g/mol. The van der Waals surface area contributed by atoms with Crippen LogP contribution >= 0.6 is 0 Å². The Hall–Kier alpha value is -2.88. The van der Waals surface area contributed by atoms with E-state index >= 15 is 0 Å². The van der Waals surface area contributed by atoms with E-state index < -0.39 is 4.92 Å². The third-order valence-corrected chi connectivity index (χ3v) is 3.05. The quantitative estimate of drug-likeness (QED) is 0.650. The number of rotatable bonds is 6. The van der Waals surface area contributed by atoms with Crippen molar-refractivity contribution < 1.29 is 4.92 Å². The number of nitrogens with one attached hydrogen (secondary N) is 1. The van der Waals surface area contributed by atoms with Gasteiger partial charge in [0, 0.05) is 18.8 Å². The Labute approximate surface area is 122 Å². The number of aryl methyl sites for hydroxylation is 1. The van der Waals surface area contributed by atoms with E-state index in [1.165, 1.54) is 6.07 Å². The highest BCUT2D eigenvalue weighted by Crippen LogP contribution is 2.25. The summed E-state index contributed by atoms with van der Waals surface area (Å²) in [6, 6.07) is 6.28. The summed E-state index contributed by atoms with van der Waals surface area (Å²) < 4.78 is 2.00. The summed E-state index contributed by atoms with van der Waals surface area (Å²) >= 11 is 0. The van der Waals surface area contributed by atoms with E-state index in [2.05, 4.69) is 17.2 Å². The number of hydrogen-bond donors (Lipinski definition) is 1. The van der Waals surface area contributed by atoms with Crippen molar-refractivity contribution >= 4 is 11.4 Å². The molecular formula is C14H15N5O2. The lowest BCUT2D eigenvalue weighted by Crippen LogP contribution is -2.08. The van der Waals surface area contributed by atoms with Gasteiger partial charge >= 0.3 is 0 Å². The predicted octanol–water partition coefficient (Wildman–Crippen LogP) is 2.69. The van der Waals surface area contributed by atoms with Gasteiger partial charge in [-0.1, -0.05) is 6.92 Å². The maximum absolute atomic E-state index is 11.1. The number of nitriles is 1. The van der Waals surface area contributed by atoms with E-state index in [1.807, 2.05) is 10.6 Å². The molecule has 0 atom stereocenters. The smallest absolute Gasteiger partial charge is 0.293 e. The van der Waals surface area contributed by atoms with Crippen LogP contribution in [-0.2, 0) is 13.1 Å². The van der Waals surface area contributed by atoms with Crippen LogP contribution in [0.3, 0.4) is 0 Å². The summed E-state index contributed by atoms with van der Waals surface area (Å²) in [7, 11) is 0. The molecule has 1 aromatic heterocycles. The van der Waals surface area contributed by atoms with E-state index in [-0.39, 0.29) is 11.3 Å². The molecular weight excluding hydrogens is 270 g/mol. The molecule has 0 amide bonds. The minimum Gasteiger partial charge on any atom is -0.374 e. The number of hydrogen-bond acceptors (Lipinski definition) is 5. The predicted molar refractivity (Wildman–Crippen MR) is 77.7 cm³/mol. The molecule has 2 rings (SSSR count). The van der Waals surface area contributed by atoms with Gasteiger partial charge in [0.15, 0.2) is 0 Å². The normalized spacial score (nSPS) is 10.1. The van der Waals surface area contributed by atoms with Gasteiger partial charge in [0.1, 0.15) is 5.69 Å². The average Bonchev–Trinajstić information content (AvgIpc) is 2.92. The van der Waals surface area contributed by atoms with E-state index in [0.29, 0.717) is 12.2 Å². The van der Waals surface area contributed by atoms with Crippen molar-refractivity contribution in [1.82, 2.24) is 9.55 Å².